The van der Waals surface area contributed by atoms with Gasteiger partial charge in [0.1, 0.15) is 0 Å². The largest absolute Gasteiger partial charge is 0.454 e. The molecule has 1 atom stereocenters. The summed E-state index contributed by atoms with van der Waals surface area (Å²) in [5.41, 5.74) is 4.15. The number of ether oxygens (including phenoxy) is 2. The van der Waals surface area contributed by atoms with Crippen LogP contribution in [0.4, 0.5) is 0 Å². The van der Waals surface area contributed by atoms with E-state index in [1.54, 1.807) is 24.4 Å². The summed E-state index contributed by atoms with van der Waals surface area (Å²) in [6, 6.07) is 15.0. The van der Waals surface area contributed by atoms with Crippen molar-refractivity contribution in [1.29, 1.82) is 0 Å². The van der Waals surface area contributed by atoms with Crippen LogP contribution in [0.5, 0.6) is 11.5 Å². The van der Waals surface area contributed by atoms with Gasteiger partial charge in [0, 0.05) is 17.7 Å². The first kappa shape index (κ1) is 14.1. The van der Waals surface area contributed by atoms with Crippen LogP contribution in [0.2, 0.25) is 0 Å². The van der Waals surface area contributed by atoms with Gasteiger partial charge in [0.15, 0.2) is 11.5 Å². The minimum atomic E-state index is -0.283. The van der Waals surface area contributed by atoms with Crippen LogP contribution in [0.15, 0.2) is 53.6 Å². The van der Waals surface area contributed by atoms with Crippen LogP contribution in [0.1, 0.15) is 28.8 Å². The van der Waals surface area contributed by atoms with Crippen molar-refractivity contribution in [2.45, 2.75) is 12.8 Å². The van der Waals surface area contributed by atoms with E-state index in [4.69, 9.17) is 9.47 Å². The molecule has 1 aliphatic heterocycles. The molecule has 0 saturated heterocycles. The summed E-state index contributed by atoms with van der Waals surface area (Å²) < 4.78 is 10.5. The number of fused-ring (bicyclic) bond motifs is 1. The van der Waals surface area contributed by atoms with Gasteiger partial charge in [-0.05, 0) is 23.8 Å². The number of nitrogens with one attached hydrogen (secondary N) is 1. The number of hydrogen-bond acceptors (Lipinski definition) is 4. The maximum atomic E-state index is 12.0. The highest BCUT2D eigenvalue weighted by molar-refractivity contribution is 5.95. The average molecular weight is 296 g/mol. The van der Waals surface area contributed by atoms with Gasteiger partial charge >= 0.3 is 0 Å². The molecule has 0 fully saturated rings. The van der Waals surface area contributed by atoms with Crippen molar-refractivity contribution in [3.8, 4) is 11.5 Å². The lowest BCUT2D eigenvalue weighted by Gasteiger charge is -2.05. The van der Waals surface area contributed by atoms with Crippen molar-refractivity contribution in [3.63, 3.8) is 0 Å². The van der Waals surface area contributed by atoms with E-state index in [1.807, 2.05) is 37.3 Å². The molecule has 2 aromatic carbocycles. The molecule has 22 heavy (non-hydrogen) atoms. The number of benzene rings is 2. The second-order valence-electron chi connectivity index (χ2n) is 4.99. The molecule has 0 bridgehead atoms. The summed E-state index contributed by atoms with van der Waals surface area (Å²) in [4.78, 5) is 12.0. The highest BCUT2D eigenvalue weighted by Crippen LogP contribution is 2.32. The first-order valence-corrected chi connectivity index (χ1v) is 7.02. The lowest BCUT2D eigenvalue weighted by molar-refractivity contribution is 0.0954. The lowest BCUT2D eigenvalue weighted by atomic mass is 10.0. The van der Waals surface area contributed by atoms with Gasteiger partial charge in [-0.1, -0.05) is 37.3 Å². The van der Waals surface area contributed by atoms with Crippen molar-refractivity contribution in [2.24, 2.45) is 5.10 Å². The number of hydrogen-bond donors (Lipinski definition) is 1. The predicted octanol–water partition coefficient (Wildman–Crippen LogP) is 2.93. The molecular weight excluding hydrogens is 280 g/mol. The summed E-state index contributed by atoms with van der Waals surface area (Å²) in [6.07, 6.45) is 1.71. The summed E-state index contributed by atoms with van der Waals surface area (Å²) in [7, 11) is 0. The minimum Gasteiger partial charge on any atom is -0.454 e. The van der Waals surface area contributed by atoms with E-state index in [9.17, 15) is 4.79 Å². The minimum absolute atomic E-state index is 0.123. The molecular formula is C17H16N2O3. The van der Waals surface area contributed by atoms with Crippen molar-refractivity contribution < 1.29 is 14.3 Å². The zero-order valence-electron chi connectivity index (χ0n) is 12.2. The number of carbonyl (C=O) groups excluding carboxylic acids is 1. The van der Waals surface area contributed by atoms with Gasteiger partial charge in [0.25, 0.3) is 5.91 Å². The topological polar surface area (TPSA) is 59.9 Å². The average Bonchev–Trinajstić information content (AvgIpc) is 3.03. The molecule has 5 nitrogen and oxygen atoms in total. The fraction of sp³-hybridized carbons (Fsp3) is 0.176. The Hall–Kier alpha value is -2.82. The Morgan fingerprint density at radius 3 is 2.77 bits per heavy atom. The lowest BCUT2D eigenvalue weighted by Crippen LogP contribution is -2.18. The monoisotopic (exact) mass is 296 g/mol. The number of carbonyl (C=O) groups is 1. The van der Waals surface area contributed by atoms with E-state index in [-0.39, 0.29) is 18.6 Å². The number of nitrogens with zero attached hydrogens (tertiary/aromatic N) is 1. The molecule has 3 rings (SSSR count). The molecule has 2 aromatic rings. The molecule has 5 heteroatoms. The smallest absolute Gasteiger partial charge is 0.271 e. The molecule has 0 saturated carbocycles. The Kier molecular flexibility index (Phi) is 4.05. The van der Waals surface area contributed by atoms with Gasteiger partial charge in [-0.2, -0.15) is 5.10 Å². The van der Waals surface area contributed by atoms with E-state index in [1.165, 1.54) is 0 Å². The highest BCUT2D eigenvalue weighted by atomic mass is 16.7. The Labute approximate surface area is 128 Å². The Bertz CT molecular complexity index is 698. The van der Waals surface area contributed by atoms with Gasteiger partial charge in [0.05, 0.1) is 0 Å². The van der Waals surface area contributed by atoms with Crippen LogP contribution in [-0.2, 0) is 0 Å². The van der Waals surface area contributed by atoms with Crippen molar-refractivity contribution in [2.75, 3.05) is 6.79 Å². The van der Waals surface area contributed by atoms with Gasteiger partial charge in [0.2, 0.25) is 6.79 Å². The predicted molar refractivity (Wildman–Crippen MR) is 83.4 cm³/mol. The maximum Gasteiger partial charge on any atom is 0.271 e. The van der Waals surface area contributed by atoms with Crippen LogP contribution >= 0.6 is 0 Å². The normalized spacial score (nSPS) is 14.0. The van der Waals surface area contributed by atoms with Crippen LogP contribution in [-0.4, -0.2) is 18.9 Å². The van der Waals surface area contributed by atoms with E-state index in [0.717, 1.165) is 5.56 Å². The van der Waals surface area contributed by atoms with Gasteiger partial charge < -0.3 is 9.47 Å². The molecule has 0 aromatic heterocycles. The molecule has 1 aliphatic rings. The molecule has 1 amide bonds. The molecule has 0 unspecified atom stereocenters. The molecule has 112 valence electrons. The van der Waals surface area contributed by atoms with E-state index in [0.29, 0.717) is 17.1 Å². The van der Waals surface area contributed by atoms with E-state index >= 15 is 0 Å². The molecule has 1 N–H and O–H groups in total. The van der Waals surface area contributed by atoms with Crippen LogP contribution in [0.3, 0.4) is 0 Å². The standard InChI is InChI=1S/C17H16N2O3/c1-12(13-5-3-2-4-6-13)10-18-19-17(20)14-7-8-15-16(9-14)22-11-21-15/h2-10,12H,11H2,1H3,(H,19,20)/b18-10+/t12-/m0/s1. The van der Waals surface area contributed by atoms with Crippen molar-refractivity contribution in [1.82, 2.24) is 5.43 Å². The Morgan fingerprint density at radius 1 is 1.18 bits per heavy atom. The Balaban J connectivity index is 1.61. The zero-order chi connectivity index (χ0) is 15.4. The fourth-order valence-electron chi connectivity index (χ4n) is 2.15. The summed E-state index contributed by atoms with van der Waals surface area (Å²) in [6.45, 7) is 2.21. The molecule has 1 heterocycles. The Morgan fingerprint density at radius 2 is 1.95 bits per heavy atom. The zero-order valence-corrected chi connectivity index (χ0v) is 12.2. The quantitative estimate of drug-likeness (QED) is 0.697. The van der Waals surface area contributed by atoms with E-state index in [2.05, 4.69) is 10.5 Å². The maximum absolute atomic E-state index is 12.0. The van der Waals surface area contributed by atoms with Crippen LogP contribution in [0, 0.1) is 0 Å². The second kappa shape index (κ2) is 6.30. The van der Waals surface area contributed by atoms with Crippen molar-refractivity contribution >= 4 is 12.1 Å². The summed E-state index contributed by atoms with van der Waals surface area (Å²) in [5.74, 6) is 1.07. The molecule has 0 spiro atoms. The van der Waals surface area contributed by atoms with Crippen LogP contribution in [0.25, 0.3) is 0 Å². The molecule has 0 radical (unpaired) electrons. The number of amides is 1. The number of rotatable bonds is 4. The van der Waals surface area contributed by atoms with Crippen LogP contribution < -0.4 is 14.9 Å². The third kappa shape index (κ3) is 3.09. The third-order valence-corrected chi connectivity index (χ3v) is 3.42. The van der Waals surface area contributed by atoms with Gasteiger partial charge in [-0.3, -0.25) is 4.79 Å². The summed E-state index contributed by atoms with van der Waals surface area (Å²) >= 11 is 0. The highest BCUT2D eigenvalue weighted by Gasteiger charge is 2.15. The second-order valence-corrected chi connectivity index (χ2v) is 4.99. The van der Waals surface area contributed by atoms with Gasteiger partial charge in [-0.25, -0.2) is 5.43 Å². The summed E-state index contributed by atoms with van der Waals surface area (Å²) in [5, 5.41) is 4.02. The first-order chi connectivity index (χ1) is 10.7. The number of hydrazone groups is 1. The van der Waals surface area contributed by atoms with E-state index < -0.39 is 0 Å². The SMILES string of the molecule is C[C@@H](/C=N/NC(=O)c1ccc2c(c1)OCO2)c1ccccc1. The first-order valence-electron chi connectivity index (χ1n) is 7.02. The fourth-order valence-corrected chi connectivity index (χ4v) is 2.15. The third-order valence-electron chi connectivity index (χ3n) is 3.42. The van der Waals surface area contributed by atoms with Crippen molar-refractivity contribution in [3.05, 3.63) is 59.7 Å². The van der Waals surface area contributed by atoms with Gasteiger partial charge in [-0.15, -0.1) is 0 Å². The molecule has 0 aliphatic carbocycles.